The highest BCUT2D eigenvalue weighted by atomic mass is 31.2. The molecule has 0 aromatic heterocycles. The maximum absolute atomic E-state index is 12.1. The van der Waals surface area contributed by atoms with E-state index < -0.39 is 7.82 Å². The van der Waals surface area contributed by atoms with Crippen molar-refractivity contribution in [3.63, 3.8) is 0 Å². The largest absolute Gasteiger partial charge is 0.527 e. The van der Waals surface area contributed by atoms with Crippen LogP contribution in [0, 0.1) is 38.5 Å². The molecule has 0 bridgehead atoms. The highest BCUT2D eigenvalue weighted by molar-refractivity contribution is 7.47. The maximum Gasteiger partial charge on any atom is 0.527 e. The smallest absolute Gasteiger partial charge is 0.487 e. The van der Waals surface area contributed by atoms with Crippen LogP contribution in [0.3, 0.4) is 0 Å². The molecule has 6 heteroatoms. The normalized spacial score (nSPS) is 21.0. The molecule has 5 nitrogen and oxygen atoms in total. The van der Waals surface area contributed by atoms with E-state index in [9.17, 15) is 9.46 Å². The number of rotatable bonds is 15. The summed E-state index contributed by atoms with van der Waals surface area (Å²) in [4.78, 5) is 9.86. The molecule has 2 rings (SSSR count). The standard InChI is InChI=1S/C30H53O5P/c1-21(2)13-10-14-22(3)15-11-16-23(4)17-12-19-30(8)20-18-27-26(7)28(35-36(31,32)33-9)24(5)25(6)29(27)34-30/h21-23H,10-20H2,1-9H3,(H,31,32). The van der Waals surface area contributed by atoms with Crippen molar-refractivity contribution in [1.29, 1.82) is 0 Å². The van der Waals surface area contributed by atoms with Gasteiger partial charge < -0.3 is 9.26 Å². The fourth-order valence-electron chi connectivity index (χ4n) is 5.55. The minimum atomic E-state index is -4.12. The van der Waals surface area contributed by atoms with Crippen LogP contribution in [0.15, 0.2) is 0 Å². The van der Waals surface area contributed by atoms with Gasteiger partial charge in [0.15, 0.2) is 0 Å². The van der Waals surface area contributed by atoms with Gasteiger partial charge in [0.25, 0.3) is 0 Å². The molecular formula is C30H53O5P. The second-order valence-electron chi connectivity index (χ2n) is 12.2. The van der Waals surface area contributed by atoms with Crippen LogP contribution in [0.5, 0.6) is 11.5 Å². The van der Waals surface area contributed by atoms with E-state index in [1.807, 2.05) is 20.8 Å². The molecule has 0 radical (unpaired) electrons. The number of benzene rings is 1. The quantitative estimate of drug-likeness (QED) is 0.232. The molecule has 1 aliphatic rings. The van der Waals surface area contributed by atoms with Gasteiger partial charge in [0.05, 0.1) is 0 Å². The number of ether oxygens (including phenoxy) is 1. The molecular weight excluding hydrogens is 471 g/mol. The van der Waals surface area contributed by atoms with Gasteiger partial charge in [-0.2, -0.15) is 0 Å². The summed E-state index contributed by atoms with van der Waals surface area (Å²) in [7, 11) is -2.94. The third-order valence-corrected chi connectivity index (χ3v) is 9.15. The summed E-state index contributed by atoms with van der Waals surface area (Å²) in [6.45, 7) is 17.6. The van der Waals surface area contributed by atoms with Crippen molar-refractivity contribution in [2.75, 3.05) is 7.11 Å². The van der Waals surface area contributed by atoms with Crippen molar-refractivity contribution < 1.29 is 23.2 Å². The molecule has 1 aromatic rings. The van der Waals surface area contributed by atoms with Gasteiger partial charge >= 0.3 is 7.82 Å². The lowest BCUT2D eigenvalue weighted by Crippen LogP contribution is -2.37. The second-order valence-corrected chi connectivity index (χ2v) is 13.6. The third kappa shape index (κ3) is 9.07. The molecule has 36 heavy (non-hydrogen) atoms. The van der Waals surface area contributed by atoms with Crippen LogP contribution in [-0.2, 0) is 15.5 Å². The Morgan fingerprint density at radius 3 is 2.03 bits per heavy atom. The molecule has 0 fully saturated rings. The van der Waals surface area contributed by atoms with E-state index in [1.165, 1.54) is 58.5 Å². The lowest BCUT2D eigenvalue weighted by Gasteiger charge is -2.38. The Labute approximate surface area is 221 Å². The molecule has 1 aromatic carbocycles. The van der Waals surface area contributed by atoms with Crippen LogP contribution in [-0.4, -0.2) is 17.6 Å². The van der Waals surface area contributed by atoms with E-state index >= 15 is 0 Å². The number of hydrogen-bond acceptors (Lipinski definition) is 4. The van der Waals surface area contributed by atoms with Crippen LogP contribution in [0.4, 0.5) is 0 Å². The summed E-state index contributed by atoms with van der Waals surface area (Å²) in [5.41, 5.74) is 3.58. The van der Waals surface area contributed by atoms with E-state index in [1.54, 1.807) is 0 Å². The van der Waals surface area contributed by atoms with Gasteiger partial charge in [-0.05, 0) is 87.8 Å². The van der Waals surface area contributed by atoms with Crippen molar-refractivity contribution in [3.05, 3.63) is 22.3 Å². The Kier molecular flexibility index (Phi) is 11.8. The highest BCUT2D eigenvalue weighted by Crippen LogP contribution is 2.50. The first kappa shape index (κ1) is 31.2. The predicted molar refractivity (Wildman–Crippen MR) is 150 cm³/mol. The van der Waals surface area contributed by atoms with E-state index in [0.29, 0.717) is 5.75 Å². The van der Waals surface area contributed by atoms with Gasteiger partial charge in [-0.1, -0.05) is 72.6 Å². The van der Waals surface area contributed by atoms with Crippen LogP contribution < -0.4 is 9.26 Å². The van der Waals surface area contributed by atoms with E-state index in [-0.39, 0.29) is 5.60 Å². The molecule has 1 N–H and O–H groups in total. The van der Waals surface area contributed by atoms with Gasteiger partial charge in [-0.3, -0.25) is 9.42 Å². The summed E-state index contributed by atoms with van der Waals surface area (Å²) in [6.07, 6.45) is 13.4. The minimum Gasteiger partial charge on any atom is -0.487 e. The molecule has 0 saturated carbocycles. The Morgan fingerprint density at radius 2 is 1.47 bits per heavy atom. The molecule has 0 spiro atoms. The van der Waals surface area contributed by atoms with Crippen molar-refractivity contribution in [2.45, 2.75) is 132 Å². The zero-order valence-electron chi connectivity index (χ0n) is 24.5. The molecule has 1 aliphatic heterocycles. The summed E-state index contributed by atoms with van der Waals surface area (Å²) < 4.78 is 28.8. The molecule has 4 unspecified atom stereocenters. The van der Waals surface area contributed by atoms with Crippen molar-refractivity contribution in [1.82, 2.24) is 0 Å². The molecule has 0 aliphatic carbocycles. The van der Waals surface area contributed by atoms with E-state index in [0.717, 1.165) is 65.0 Å². The zero-order valence-corrected chi connectivity index (χ0v) is 25.4. The minimum absolute atomic E-state index is 0.178. The van der Waals surface area contributed by atoms with Crippen LogP contribution in [0.2, 0.25) is 0 Å². The Bertz CT molecular complexity index is 896. The second kappa shape index (κ2) is 13.7. The van der Waals surface area contributed by atoms with Crippen molar-refractivity contribution in [2.24, 2.45) is 17.8 Å². The monoisotopic (exact) mass is 524 g/mol. The first-order valence-corrected chi connectivity index (χ1v) is 15.7. The summed E-state index contributed by atoms with van der Waals surface area (Å²) in [5.74, 6) is 3.80. The fourth-order valence-corrected chi connectivity index (χ4v) is 6.13. The number of hydrogen-bond donors (Lipinski definition) is 1. The van der Waals surface area contributed by atoms with Gasteiger partial charge in [0, 0.05) is 12.7 Å². The first-order valence-electron chi connectivity index (χ1n) is 14.2. The van der Waals surface area contributed by atoms with Gasteiger partial charge in [-0.25, -0.2) is 4.57 Å². The Morgan fingerprint density at radius 1 is 0.917 bits per heavy atom. The number of phosphoric ester groups is 1. The van der Waals surface area contributed by atoms with Crippen LogP contribution in [0.25, 0.3) is 0 Å². The lowest BCUT2D eigenvalue weighted by molar-refractivity contribution is 0.0512. The molecule has 1 heterocycles. The lowest BCUT2D eigenvalue weighted by atomic mass is 9.84. The molecule has 0 saturated heterocycles. The third-order valence-electron chi connectivity index (χ3n) is 8.28. The van der Waals surface area contributed by atoms with E-state index in [2.05, 4.69) is 39.1 Å². The first-order chi connectivity index (χ1) is 16.8. The van der Waals surface area contributed by atoms with Gasteiger partial charge in [0.2, 0.25) is 0 Å². The average molecular weight is 525 g/mol. The van der Waals surface area contributed by atoms with Crippen molar-refractivity contribution >= 4 is 7.82 Å². The molecule has 0 amide bonds. The Balaban J connectivity index is 1.87. The van der Waals surface area contributed by atoms with Crippen molar-refractivity contribution in [3.8, 4) is 11.5 Å². The van der Waals surface area contributed by atoms with Crippen LogP contribution >= 0.6 is 7.82 Å². The van der Waals surface area contributed by atoms with Gasteiger partial charge in [-0.15, -0.1) is 0 Å². The zero-order chi connectivity index (χ0) is 27.1. The van der Waals surface area contributed by atoms with E-state index in [4.69, 9.17) is 9.26 Å². The topological polar surface area (TPSA) is 65.0 Å². The fraction of sp³-hybridized carbons (Fsp3) is 0.800. The molecule has 4 atom stereocenters. The van der Waals surface area contributed by atoms with Gasteiger partial charge in [0.1, 0.15) is 17.1 Å². The number of fused-ring (bicyclic) bond motifs is 1. The maximum atomic E-state index is 12.1. The SMILES string of the molecule is COP(=O)(O)Oc1c(C)c(C)c2c(c1C)CCC(C)(CCCC(C)CCCC(C)CCCC(C)C)O2. The summed E-state index contributed by atoms with van der Waals surface area (Å²) in [6, 6.07) is 0. The number of phosphoric acid groups is 1. The average Bonchev–Trinajstić information content (AvgIpc) is 2.80. The summed E-state index contributed by atoms with van der Waals surface area (Å²) >= 11 is 0. The van der Waals surface area contributed by atoms with Crippen LogP contribution in [0.1, 0.15) is 121 Å². The molecule has 208 valence electrons. The predicted octanol–water partition coefficient (Wildman–Crippen LogP) is 9.26. The Hall–Kier alpha value is -1.03. The highest BCUT2D eigenvalue weighted by Gasteiger charge is 2.35. The summed E-state index contributed by atoms with van der Waals surface area (Å²) in [5, 5.41) is 0.